The van der Waals surface area contributed by atoms with Gasteiger partial charge in [-0.3, -0.25) is 4.79 Å². The maximum atomic E-state index is 14.5. The van der Waals surface area contributed by atoms with Gasteiger partial charge in [0.05, 0.1) is 30.3 Å². The summed E-state index contributed by atoms with van der Waals surface area (Å²) < 4.78 is 13.9. The van der Waals surface area contributed by atoms with E-state index in [1.807, 2.05) is 93.8 Å². The molecule has 3 aromatic heterocycles. The Kier molecular flexibility index (Phi) is 9.69. The Hall–Kier alpha value is -5.32. The largest absolute Gasteiger partial charge is 0.471 e. The number of halogens is 2. The van der Waals surface area contributed by atoms with Gasteiger partial charge in [-0.15, -0.1) is 0 Å². The van der Waals surface area contributed by atoms with Crippen molar-refractivity contribution in [1.82, 2.24) is 24.4 Å². The number of amides is 2. The van der Waals surface area contributed by atoms with Gasteiger partial charge in [0, 0.05) is 51.2 Å². The van der Waals surface area contributed by atoms with E-state index in [1.165, 1.54) is 0 Å². The standard InChI is InChI=1S/C40H38Cl2N6O4/c1-24(25-12-14-27(41)15-13-25)48-23-44-34(26-9-6-5-7-10-26)36(48)33-30-17-16-28(42)21-32(30)45-35(33)37(49)46-31-11-8-19-43-38(31)51-29-18-20-47(22-29)39(50)52-40(2,3)4/h5-17,19,21,23-24,29,45H,18,20,22H2,1-4H3,(H,46,49)/t24-,29+/m0/s1. The molecule has 3 aromatic carbocycles. The first kappa shape index (κ1) is 35.1. The van der Waals surface area contributed by atoms with E-state index in [-0.39, 0.29) is 24.1 Å². The number of carbonyl (C=O) groups is 2. The van der Waals surface area contributed by atoms with Crippen LogP contribution in [-0.4, -0.2) is 61.2 Å². The number of ether oxygens (including phenoxy) is 2. The number of benzene rings is 3. The van der Waals surface area contributed by atoms with Crippen molar-refractivity contribution in [2.75, 3.05) is 18.4 Å². The van der Waals surface area contributed by atoms with Crippen molar-refractivity contribution < 1.29 is 19.1 Å². The lowest BCUT2D eigenvalue weighted by atomic mass is 9.99. The van der Waals surface area contributed by atoms with E-state index in [2.05, 4.69) is 26.8 Å². The summed E-state index contributed by atoms with van der Waals surface area (Å²) in [5, 5.41) is 5.02. The first-order valence-electron chi connectivity index (χ1n) is 17.1. The molecule has 7 rings (SSSR count). The van der Waals surface area contributed by atoms with Crippen LogP contribution in [0.2, 0.25) is 10.0 Å². The highest BCUT2D eigenvalue weighted by Crippen LogP contribution is 2.42. The van der Waals surface area contributed by atoms with Crippen LogP contribution in [-0.2, 0) is 4.74 Å². The van der Waals surface area contributed by atoms with Crippen LogP contribution in [0.4, 0.5) is 10.5 Å². The molecule has 0 spiro atoms. The van der Waals surface area contributed by atoms with Crippen LogP contribution >= 0.6 is 23.2 Å². The summed E-state index contributed by atoms with van der Waals surface area (Å²) in [5.74, 6) is -0.160. The summed E-state index contributed by atoms with van der Waals surface area (Å²) in [4.78, 5) is 41.6. The van der Waals surface area contributed by atoms with Gasteiger partial charge in [0.15, 0.2) is 0 Å². The quantitative estimate of drug-likeness (QED) is 0.161. The zero-order valence-corrected chi connectivity index (χ0v) is 30.7. The molecular formula is C40H38Cl2N6O4. The molecule has 52 heavy (non-hydrogen) atoms. The van der Waals surface area contributed by atoms with Gasteiger partial charge in [0.1, 0.15) is 23.1 Å². The molecule has 10 nitrogen and oxygen atoms in total. The van der Waals surface area contributed by atoms with Crippen LogP contribution in [0.3, 0.4) is 0 Å². The highest BCUT2D eigenvalue weighted by Gasteiger charge is 2.32. The molecule has 0 radical (unpaired) electrons. The van der Waals surface area contributed by atoms with Gasteiger partial charge >= 0.3 is 6.09 Å². The molecule has 2 amide bonds. The smallest absolute Gasteiger partial charge is 0.410 e. The molecule has 12 heteroatoms. The minimum absolute atomic E-state index is 0.171. The second-order valence-corrected chi connectivity index (χ2v) is 14.6. The van der Waals surface area contributed by atoms with Crippen LogP contribution in [0.1, 0.15) is 56.2 Å². The molecule has 4 heterocycles. The monoisotopic (exact) mass is 736 g/mol. The zero-order chi connectivity index (χ0) is 36.6. The Bertz CT molecular complexity index is 2240. The molecular weight excluding hydrogens is 699 g/mol. The number of nitrogens with zero attached hydrogens (tertiary/aromatic N) is 4. The fraction of sp³-hybridized carbons (Fsp3) is 0.250. The molecule has 0 unspecified atom stereocenters. The minimum Gasteiger partial charge on any atom is -0.471 e. The summed E-state index contributed by atoms with van der Waals surface area (Å²) in [6, 6.07) is 26.4. The Balaban J connectivity index is 1.27. The number of imidazole rings is 1. The predicted molar refractivity (Wildman–Crippen MR) is 204 cm³/mol. The molecule has 1 fully saturated rings. The van der Waals surface area contributed by atoms with E-state index >= 15 is 0 Å². The van der Waals surface area contributed by atoms with Crippen LogP contribution in [0.5, 0.6) is 5.88 Å². The summed E-state index contributed by atoms with van der Waals surface area (Å²) in [5.41, 5.74) is 4.83. The van der Waals surface area contributed by atoms with Crippen molar-refractivity contribution in [1.29, 1.82) is 0 Å². The molecule has 6 aromatic rings. The molecule has 266 valence electrons. The van der Waals surface area contributed by atoms with Gasteiger partial charge in [0.25, 0.3) is 5.91 Å². The van der Waals surface area contributed by atoms with Crippen molar-refractivity contribution in [3.63, 3.8) is 0 Å². The average molecular weight is 738 g/mol. The molecule has 2 atom stereocenters. The van der Waals surface area contributed by atoms with Crippen molar-refractivity contribution in [3.05, 3.63) is 119 Å². The Labute approximate surface area is 311 Å². The third-order valence-corrected chi connectivity index (χ3v) is 9.42. The SMILES string of the molecule is C[C@@H](c1ccc(Cl)cc1)n1cnc(-c2ccccc2)c1-c1c(C(=O)Nc2cccnc2O[C@@H]2CCN(C(=O)OC(C)(C)C)C2)[nH]c2cc(Cl)ccc12. The maximum Gasteiger partial charge on any atom is 0.410 e. The third-order valence-electron chi connectivity index (χ3n) is 8.93. The molecule has 1 aliphatic rings. The second kappa shape index (κ2) is 14.4. The van der Waals surface area contributed by atoms with Crippen molar-refractivity contribution >= 4 is 51.8 Å². The minimum atomic E-state index is -0.602. The third kappa shape index (κ3) is 7.35. The molecule has 0 saturated carbocycles. The lowest BCUT2D eigenvalue weighted by Gasteiger charge is -2.24. The van der Waals surface area contributed by atoms with Gasteiger partial charge in [-0.2, -0.15) is 0 Å². The van der Waals surface area contributed by atoms with Crippen molar-refractivity contribution in [2.24, 2.45) is 0 Å². The maximum absolute atomic E-state index is 14.5. The molecule has 1 aliphatic heterocycles. The normalized spacial score (nSPS) is 15.1. The summed E-state index contributed by atoms with van der Waals surface area (Å²) >= 11 is 12.7. The van der Waals surface area contributed by atoms with Crippen LogP contribution in [0.15, 0.2) is 97.5 Å². The van der Waals surface area contributed by atoms with E-state index in [0.29, 0.717) is 57.7 Å². The summed E-state index contributed by atoms with van der Waals surface area (Å²) in [6.07, 6.45) is 3.28. The van der Waals surface area contributed by atoms with E-state index in [9.17, 15) is 9.59 Å². The van der Waals surface area contributed by atoms with Crippen molar-refractivity contribution in [2.45, 2.75) is 51.9 Å². The fourth-order valence-corrected chi connectivity index (χ4v) is 6.73. The number of carbonyl (C=O) groups excluding carboxylic acids is 2. The molecule has 0 bridgehead atoms. The number of nitrogens with one attached hydrogen (secondary N) is 2. The number of aromatic amines is 1. The number of anilines is 1. The molecule has 2 N–H and O–H groups in total. The topological polar surface area (TPSA) is 114 Å². The summed E-state index contributed by atoms with van der Waals surface area (Å²) in [7, 11) is 0. The van der Waals surface area contributed by atoms with Gasteiger partial charge < -0.3 is 29.2 Å². The number of hydrogen-bond acceptors (Lipinski definition) is 6. The second-order valence-electron chi connectivity index (χ2n) is 13.8. The lowest BCUT2D eigenvalue weighted by molar-refractivity contribution is 0.0275. The van der Waals surface area contributed by atoms with E-state index in [1.54, 1.807) is 29.3 Å². The van der Waals surface area contributed by atoms with Gasteiger partial charge in [-0.05, 0) is 69.7 Å². The first-order valence-corrected chi connectivity index (χ1v) is 17.8. The predicted octanol–water partition coefficient (Wildman–Crippen LogP) is 9.65. The number of rotatable bonds is 8. The van der Waals surface area contributed by atoms with E-state index < -0.39 is 11.5 Å². The lowest BCUT2D eigenvalue weighted by Crippen LogP contribution is -2.36. The van der Waals surface area contributed by atoms with E-state index in [0.717, 1.165) is 22.2 Å². The highest BCUT2D eigenvalue weighted by molar-refractivity contribution is 6.31. The van der Waals surface area contributed by atoms with Crippen LogP contribution in [0, 0.1) is 0 Å². The Morgan fingerprint density at radius 1 is 0.962 bits per heavy atom. The molecule has 0 aliphatic carbocycles. The highest BCUT2D eigenvalue weighted by atomic mass is 35.5. The van der Waals surface area contributed by atoms with Crippen molar-refractivity contribution in [3.8, 4) is 28.4 Å². The fourth-order valence-electron chi connectivity index (χ4n) is 6.44. The number of hydrogen-bond donors (Lipinski definition) is 2. The van der Waals surface area contributed by atoms with Gasteiger partial charge in [0.2, 0.25) is 5.88 Å². The molecule has 1 saturated heterocycles. The van der Waals surface area contributed by atoms with Crippen LogP contribution in [0.25, 0.3) is 33.4 Å². The number of pyridine rings is 1. The number of likely N-dealkylation sites (tertiary alicyclic amines) is 1. The zero-order valence-electron chi connectivity index (χ0n) is 29.2. The Morgan fingerprint density at radius 3 is 2.46 bits per heavy atom. The summed E-state index contributed by atoms with van der Waals surface area (Å²) in [6.45, 7) is 8.41. The number of H-pyrrole nitrogens is 1. The Morgan fingerprint density at radius 2 is 1.71 bits per heavy atom. The number of fused-ring (bicyclic) bond motifs is 1. The van der Waals surface area contributed by atoms with Crippen LogP contribution < -0.4 is 10.1 Å². The average Bonchev–Trinajstić information content (AvgIpc) is 3.86. The first-order chi connectivity index (χ1) is 24.9. The number of aromatic nitrogens is 4. The van der Waals surface area contributed by atoms with Gasteiger partial charge in [-0.25, -0.2) is 14.8 Å². The van der Waals surface area contributed by atoms with E-state index in [4.69, 9.17) is 37.7 Å². The van der Waals surface area contributed by atoms with Gasteiger partial charge in [-0.1, -0.05) is 71.7 Å².